The molecule has 0 radical (unpaired) electrons. The molecule has 5 nitrogen and oxygen atoms in total. The Kier molecular flexibility index (Phi) is 5.12. The summed E-state index contributed by atoms with van der Waals surface area (Å²) in [5.41, 5.74) is -1.21. The van der Waals surface area contributed by atoms with Crippen LogP contribution in [0.2, 0.25) is 0 Å². The molecule has 0 heterocycles. The second kappa shape index (κ2) is 7.30. The van der Waals surface area contributed by atoms with Gasteiger partial charge < -0.3 is 15.2 Å². The number of anilines is 1. The molecule has 2 atom stereocenters. The standard InChI is InChI=1S/C20H23F2NO4S/c21-18(22)28-15-4-2-1-3-14(15)23-16(24)10-27-17(25)19-6-12-5-13(7-19)9-20(26,8-12)11-19/h1-4,12-13,18,26H,5-11H2,(H,23,24). The summed E-state index contributed by atoms with van der Waals surface area (Å²) in [7, 11) is 0. The molecule has 4 aliphatic rings. The van der Waals surface area contributed by atoms with E-state index in [1.54, 1.807) is 12.1 Å². The summed E-state index contributed by atoms with van der Waals surface area (Å²) in [6, 6.07) is 6.26. The molecule has 1 amide bonds. The summed E-state index contributed by atoms with van der Waals surface area (Å²) in [6.45, 7) is -0.470. The van der Waals surface area contributed by atoms with E-state index in [1.165, 1.54) is 12.1 Å². The molecule has 0 aliphatic heterocycles. The zero-order chi connectivity index (χ0) is 19.9. The van der Waals surface area contributed by atoms with Crippen molar-refractivity contribution >= 4 is 29.3 Å². The predicted octanol–water partition coefficient (Wildman–Crippen LogP) is 3.81. The number of para-hydroxylation sites is 1. The summed E-state index contributed by atoms with van der Waals surface area (Å²) < 4.78 is 30.6. The van der Waals surface area contributed by atoms with Crippen molar-refractivity contribution in [2.75, 3.05) is 11.9 Å². The van der Waals surface area contributed by atoms with Gasteiger partial charge in [0.15, 0.2) is 6.61 Å². The van der Waals surface area contributed by atoms with Crippen molar-refractivity contribution in [3.8, 4) is 0 Å². The van der Waals surface area contributed by atoms with E-state index in [9.17, 15) is 23.5 Å². The number of benzene rings is 1. The zero-order valence-electron chi connectivity index (χ0n) is 15.3. The van der Waals surface area contributed by atoms with Crippen LogP contribution in [0.3, 0.4) is 0 Å². The summed E-state index contributed by atoms with van der Waals surface area (Å²) in [6.07, 6.45) is 4.37. The first-order valence-electron chi connectivity index (χ1n) is 9.50. The van der Waals surface area contributed by atoms with Crippen molar-refractivity contribution in [1.29, 1.82) is 0 Å². The molecular formula is C20H23F2NO4S. The molecule has 4 fully saturated rings. The Labute approximate surface area is 166 Å². The number of esters is 1. The average molecular weight is 411 g/mol. The van der Waals surface area contributed by atoms with Crippen molar-refractivity contribution in [1.82, 2.24) is 0 Å². The minimum Gasteiger partial charge on any atom is -0.455 e. The fraction of sp³-hybridized carbons (Fsp3) is 0.600. The molecule has 152 valence electrons. The van der Waals surface area contributed by atoms with Gasteiger partial charge in [0.1, 0.15) is 0 Å². The van der Waals surface area contributed by atoms with Crippen LogP contribution in [0.25, 0.3) is 0 Å². The molecule has 2 N–H and O–H groups in total. The van der Waals surface area contributed by atoms with Gasteiger partial charge in [0.05, 0.1) is 16.7 Å². The lowest BCUT2D eigenvalue weighted by molar-refractivity contribution is -0.196. The van der Waals surface area contributed by atoms with Gasteiger partial charge in [-0.1, -0.05) is 23.9 Å². The molecule has 4 bridgehead atoms. The number of carbonyl (C=O) groups is 2. The molecule has 5 rings (SSSR count). The normalized spacial score (nSPS) is 33.1. The number of rotatable bonds is 6. The van der Waals surface area contributed by atoms with Gasteiger partial charge in [-0.3, -0.25) is 9.59 Å². The Bertz CT molecular complexity index is 773. The zero-order valence-corrected chi connectivity index (χ0v) is 16.1. The number of carbonyl (C=O) groups excluding carboxylic acids is 2. The number of alkyl halides is 2. The van der Waals surface area contributed by atoms with E-state index >= 15 is 0 Å². The van der Waals surface area contributed by atoms with Crippen LogP contribution in [0.1, 0.15) is 38.5 Å². The molecule has 0 saturated heterocycles. The molecule has 28 heavy (non-hydrogen) atoms. The fourth-order valence-electron chi connectivity index (χ4n) is 5.69. The van der Waals surface area contributed by atoms with Crippen molar-refractivity contribution in [2.24, 2.45) is 17.3 Å². The second-order valence-electron chi connectivity index (χ2n) is 8.46. The number of hydrogen-bond donors (Lipinski definition) is 2. The predicted molar refractivity (Wildman–Crippen MR) is 100.0 cm³/mol. The van der Waals surface area contributed by atoms with E-state index in [0.717, 1.165) is 19.3 Å². The summed E-state index contributed by atoms with van der Waals surface area (Å²) >= 11 is 0.346. The summed E-state index contributed by atoms with van der Waals surface area (Å²) in [4.78, 5) is 25.3. The van der Waals surface area contributed by atoms with Gasteiger partial charge in [-0.25, -0.2) is 0 Å². The number of aliphatic hydroxyl groups is 1. The second-order valence-corrected chi connectivity index (χ2v) is 9.50. The molecule has 1 aromatic rings. The Morgan fingerprint density at radius 3 is 2.54 bits per heavy atom. The molecule has 0 spiro atoms. The smallest absolute Gasteiger partial charge is 0.312 e. The SMILES string of the molecule is O=C(COC(=O)C12CC3CC(CC(O)(C3)C1)C2)Nc1ccccc1SC(F)F. The first-order chi connectivity index (χ1) is 13.3. The van der Waals surface area contributed by atoms with Crippen LogP contribution in [-0.2, 0) is 14.3 Å². The molecule has 0 aromatic heterocycles. The lowest BCUT2D eigenvalue weighted by Gasteiger charge is -2.58. The van der Waals surface area contributed by atoms with Crippen LogP contribution >= 0.6 is 11.8 Å². The van der Waals surface area contributed by atoms with E-state index in [1.807, 2.05) is 0 Å². The van der Waals surface area contributed by atoms with Gasteiger partial charge >= 0.3 is 5.97 Å². The highest BCUT2D eigenvalue weighted by atomic mass is 32.2. The third-order valence-electron chi connectivity index (χ3n) is 6.17. The van der Waals surface area contributed by atoms with Crippen LogP contribution in [0, 0.1) is 17.3 Å². The third kappa shape index (κ3) is 3.89. The van der Waals surface area contributed by atoms with Gasteiger partial charge in [0.2, 0.25) is 0 Å². The number of ether oxygens (including phenoxy) is 1. The molecule has 8 heteroatoms. The first kappa shape index (κ1) is 19.6. The highest BCUT2D eigenvalue weighted by Crippen LogP contribution is 2.61. The van der Waals surface area contributed by atoms with Crippen LogP contribution in [0.5, 0.6) is 0 Å². The van der Waals surface area contributed by atoms with Gasteiger partial charge in [-0.2, -0.15) is 8.78 Å². The van der Waals surface area contributed by atoms with Crippen LogP contribution in [0.4, 0.5) is 14.5 Å². The monoisotopic (exact) mass is 411 g/mol. The van der Waals surface area contributed by atoms with Gasteiger partial charge in [0.25, 0.3) is 11.7 Å². The van der Waals surface area contributed by atoms with Gasteiger partial charge in [0, 0.05) is 4.90 Å². The van der Waals surface area contributed by atoms with Crippen molar-refractivity contribution in [2.45, 2.75) is 54.8 Å². The molecule has 4 aliphatic carbocycles. The molecule has 2 unspecified atom stereocenters. The number of hydrogen-bond acceptors (Lipinski definition) is 5. The quantitative estimate of drug-likeness (QED) is 0.550. The number of amides is 1. The van der Waals surface area contributed by atoms with E-state index in [2.05, 4.69) is 5.32 Å². The molecule has 4 saturated carbocycles. The van der Waals surface area contributed by atoms with Crippen LogP contribution in [-0.4, -0.2) is 34.9 Å². The Balaban J connectivity index is 1.36. The van der Waals surface area contributed by atoms with Crippen LogP contribution in [0.15, 0.2) is 29.2 Å². The van der Waals surface area contributed by atoms with E-state index in [-0.39, 0.29) is 10.6 Å². The van der Waals surface area contributed by atoms with Crippen LogP contribution < -0.4 is 5.32 Å². The average Bonchev–Trinajstić information content (AvgIpc) is 2.59. The van der Waals surface area contributed by atoms with E-state index in [4.69, 9.17) is 4.74 Å². The largest absolute Gasteiger partial charge is 0.455 e. The number of thioether (sulfide) groups is 1. The van der Waals surface area contributed by atoms with Gasteiger partial charge in [-0.15, -0.1) is 0 Å². The maximum absolute atomic E-state index is 12.8. The van der Waals surface area contributed by atoms with E-state index < -0.39 is 35.3 Å². The number of halogens is 2. The molecule has 1 aromatic carbocycles. The summed E-state index contributed by atoms with van der Waals surface area (Å²) in [5.74, 6) is -2.92. The van der Waals surface area contributed by atoms with Crippen molar-refractivity contribution in [3.05, 3.63) is 24.3 Å². The Morgan fingerprint density at radius 2 is 1.89 bits per heavy atom. The fourth-order valence-corrected chi connectivity index (χ4v) is 6.29. The minimum absolute atomic E-state index is 0.250. The lowest BCUT2D eigenvalue weighted by Crippen LogP contribution is -2.58. The number of nitrogens with one attached hydrogen (secondary N) is 1. The molecular weight excluding hydrogens is 388 g/mol. The third-order valence-corrected chi connectivity index (χ3v) is 6.96. The lowest BCUT2D eigenvalue weighted by atomic mass is 9.48. The van der Waals surface area contributed by atoms with Gasteiger partial charge in [-0.05, 0) is 62.5 Å². The van der Waals surface area contributed by atoms with E-state index in [0.29, 0.717) is 42.9 Å². The van der Waals surface area contributed by atoms with Crippen molar-refractivity contribution < 1.29 is 28.2 Å². The maximum Gasteiger partial charge on any atom is 0.312 e. The summed E-state index contributed by atoms with van der Waals surface area (Å²) in [5, 5.41) is 13.3. The highest BCUT2D eigenvalue weighted by Gasteiger charge is 2.60. The van der Waals surface area contributed by atoms with Crippen molar-refractivity contribution in [3.63, 3.8) is 0 Å². The maximum atomic E-state index is 12.8. The topological polar surface area (TPSA) is 75.6 Å². The Hall–Kier alpha value is -1.67. The minimum atomic E-state index is -2.60. The highest BCUT2D eigenvalue weighted by molar-refractivity contribution is 7.99. The Morgan fingerprint density at radius 1 is 1.21 bits per heavy atom. The first-order valence-corrected chi connectivity index (χ1v) is 10.4.